The van der Waals surface area contributed by atoms with Gasteiger partial charge in [-0.05, 0) is 30.3 Å². The number of fused-ring (bicyclic) bond motifs is 1. The molecule has 0 saturated carbocycles. The van der Waals surface area contributed by atoms with Gasteiger partial charge in [-0.25, -0.2) is 17.9 Å². The average Bonchev–Trinajstić information content (AvgIpc) is 3.22. The minimum absolute atomic E-state index is 0.286. The maximum absolute atomic E-state index is 11.6. The van der Waals surface area contributed by atoms with Gasteiger partial charge in [-0.1, -0.05) is 12.1 Å². The Labute approximate surface area is 138 Å². The summed E-state index contributed by atoms with van der Waals surface area (Å²) in [4.78, 5) is 4.62. The van der Waals surface area contributed by atoms with Crippen molar-refractivity contribution in [3.05, 3.63) is 61.2 Å². The van der Waals surface area contributed by atoms with E-state index in [4.69, 9.17) is 4.42 Å². The van der Waals surface area contributed by atoms with Gasteiger partial charge in [-0.3, -0.25) is 0 Å². The van der Waals surface area contributed by atoms with Crippen molar-refractivity contribution in [3.63, 3.8) is 0 Å². The molecule has 3 aromatic heterocycles. The Morgan fingerprint density at radius 1 is 1.00 bits per heavy atom. The molecule has 4 aromatic rings. The first-order chi connectivity index (χ1) is 11.5. The Hall–Kier alpha value is -2.93. The van der Waals surface area contributed by atoms with E-state index >= 15 is 0 Å². The molecule has 0 fully saturated rings. The Bertz CT molecular complexity index is 1110. The number of furan rings is 1. The van der Waals surface area contributed by atoms with E-state index in [9.17, 15) is 8.42 Å². The molecule has 0 amide bonds. The monoisotopic (exact) mass is 339 g/mol. The van der Waals surface area contributed by atoms with E-state index in [1.165, 1.54) is 6.26 Å². The second kappa shape index (κ2) is 5.31. The van der Waals surface area contributed by atoms with Gasteiger partial charge in [0.05, 0.1) is 35.0 Å². The average molecular weight is 339 g/mol. The lowest BCUT2D eigenvalue weighted by atomic mass is 10.1. The number of rotatable bonds is 3. The normalized spacial score (nSPS) is 11.9. The van der Waals surface area contributed by atoms with Crippen LogP contribution in [0, 0.1) is 0 Å². The van der Waals surface area contributed by atoms with Crippen LogP contribution in [0.25, 0.3) is 28.2 Å². The summed E-state index contributed by atoms with van der Waals surface area (Å²) in [5, 5.41) is 4.62. The topological polar surface area (TPSA) is 77.5 Å². The van der Waals surface area contributed by atoms with Crippen LogP contribution in [0.15, 0.2) is 70.5 Å². The summed E-state index contributed by atoms with van der Waals surface area (Å²) in [5.41, 5.74) is 4.00. The highest BCUT2D eigenvalue weighted by Crippen LogP contribution is 2.24. The smallest absolute Gasteiger partial charge is 0.175 e. The first-order valence-corrected chi connectivity index (χ1v) is 9.09. The number of benzene rings is 1. The first kappa shape index (κ1) is 14.6. The molecule has 0 aliphatic rings. The lowest BCUT2D eigenvalue weighted by Crippen LogP contribution is -1.98. The van der Waals surface area contributed by atoms with Crippen molar-refractivity contribution in [1.29, 1.82) is 0 Å². The van der Waals surface area contributed by atoms with Gasteiger partial charge in [0, 0.05) is 17.4 Å². The molecule has 4 rings (SSSR count). The summed E-state index contributed by atoms with van der Waals surface area (Å²) in [6, 6.07) is 12.2. The van der Waals surface area contributed by atoms with E-state index in [-0.39, 0.29) is 4.90 Å². The van der Waals surface area contributed by atoms with Crippen LogP contribution in [0.1, 0.15) is 0 Å². The number of nitrogens with zero attached hydrogens (tertiary/aromatic N) is 3. The zero-order valence-corrected chi connectivity index (χ0v) is 13.6. The van der Waals surface area contributed by atoms with Crippen molar-refractivity contribution in [2.45, 2.75) is 4.90 Å². The highest BCUT2D eigenvalue weighted by Gasteiger charge is 2.11. The molecule has 0 aliphatic heterocycles. The van der Waals surface area contributed by atoms with Crippen molar-refractivity contribution >= 4 is 15.5 Å². The summed E-state index contributed by atoms with van der Waals surface area (Å²) in [6.07, 6.45) is 6.17. The minimum atomic E-state index is -3.21. The molecule has 6 nitrogen and oxygen atoms in total. The molecule has 1 aromatic carbocycles. The second-order valence-electron chi connectivity index (χ2n) is 5.44. The quantitative estimate of drug-likeness (QED) is 0.573. The van der Waals surface area contributed by atoms with Crippen molar-refractivity contribution in [1.82, 2.24) is 14.6 Å². The Morgan fingerprint density at radius 2 is 1.79 bits per heavy atom. The van der Waals surface area contributed by atoms with Crippen LogP contribution < -0.4 is 0 Å². The van der Waals surface area contributed by atoms with E-state index in [0.717, 1.165) is 28.2 Å². The van der Waals surface area contributed by atoms with Crippen molar-refractivity contribution in [2.24, 2.45) is 0 Å². The lowest BCUT2D eigenvalue weighted by molar-refractivity contribution is 0.568. The summed E-state index contributed by atoms with van der Waals surface area (Å²) in [6.45, 7) is 0. The largest absolute Gasteiger partial charge is 0.472 e. The van der Waals surface area contributed by atoms with Crippen LogP contribution >= 0.6 is 0 Å². The molecule has 0 atom stereocenters. The van der Waals surface area contributed by atoms with Gasteiger partial charge in [0.2, 0.25) is 0 Å². The van der Waals surface area contributed by atoms with Crippen molar-refractivity contribution < 1.29 is 12.8 Å². The van der Waals surface area contributed by atoms with Gasteiger partial charge in [0.25, 0.3) is 0 Å². The molecule has 3 heterocycles. The fraction of sp³-hybridized carbons (Fsp3) is 0.0588. The Morgan fingerprint density at radius 3 is 2.46 bits per heavy atom. The Balaban J connectivity index is 1.81. The zero-order valence-electron chi connectivity index (χ0n) is 12.7. The molecular formula is C17H13N3O3S. The van der Waals surface area contributed by atoms with E-state index < -0.39 is 9.84 Å². The first-order valence-electron chi connectivity index (χ1n) is 7.20. The van der Waals surface area contributed by atoms with Crippen LogP contribution in [0.3, 0.4) is 0 Å². The molecule has 120 valence electrons. The van der Waals surface area contributed by atoms with Crippen LogP contribution in [-0.2, 0) is 9.84 Å². The van der Waals surface area contributed by atoms with Crippen LogP contribution in [0.5, 0.6) is 0 Å². The standard InChI is InChI=1S/C17H13N3O3S/c1-24(21,22)14-4-2-12(3-5-14)15-6-7-17-18-10-16(20(17)19-15)13-8-9-23-11-13/h2-11H,1H3. The third-order valence-corrected chi connectivity index (χ3v) is 4.89. The van der Waals surface area contributed by atoms with Crippen LogP contribution in [0.2, 0.25) is 0 Å². The van der Waals surface area contributed by atoms with Crippen LogP contribution in [-0.4, -0.2) is 29.3 Å². The number of sulfone groups is 1. The van der Waals surface area contributed by atoms with Gasteiger partial charge in [0.1, 0.15) is 0 Å². The summed E-state index contributed by atoms with van der Waals surface area (Å²) < 4.78 is 30.0. The number of hydrogen-bond donors (Lipinski definition) is 0. The maximum atomic E-state index is 11.6. The lowest BCUT2D eigenvalue weighted by Gasteiger charge is -2.05. The number of aromatic nitrogens is 3. The molecule has 0 N–H and O–H groups in total. The fourth-order valence-corrected chi connectivity index (χ4v) is 3.14. The van der Waals surface area contributed by atoms with Gasteiger partial charge in [0.15, 0.2) is 15.5 Å². The van der Waals surface area contributed by atoms with Gasteiger partial charge in [-0.2, -0.15) is 5.10 Å². The molecule has 0 radical (unpaired) electrons. The molecule has 0 bridgehead atoms. The van der Waals surface area contributed by atoms with E-state index in [1.807, 2.05) is 18.2 Å². The molecular weight excluding hydrogens is 326 g/mol. The maximum Gasteiger partial charge on any atom is 0.175 e. The fourth-order valence-electron chi connectivity index (χ4n) is 2.51. The van der Waals surface area contributed by atoms with E-state index in [2.05, 4.69) is 10.1 Å². The van der Waals surface area contributed by atoms with Crippen molar-refractivity contribution in [2.75, 3.05) is 6.26 Å². The zero-order chi connectivity index (χ0) is 16.7. The van der Waals surface area contributed by atoms with Crippen LogP contribution in [0.4, 0.5) is 0 Å². The summed E-state index contributed by atoms with van der Waals surface area (Å²) >= 11 is 0. The third-order valence-electron chi connectivity index (χ3n) is 3.76. The number of imidazole rings is 1. The van der Waals surface area contributed by atoms with Gasteiger partial charge < -0.3 is 4.42 Å². The molecule has 0 saturated heterocycles. The van der Waals surface area contributed by atoms with Gasteiger partial charge in [-0.15, -0.1) is 0 Å². The predicted molar refractivity (Wildman–Crippen MR) is 89.2 cm³/mol. The SMILES string of the molecule is CS(=O)(=O)c1ccc(-c2ccc3ncc(-c4ccoc4)n3n2)cc1. The molecule has 7 heteroatoms. The Kier molecular flexibility index (Phi) is 3.24. The van der Waals surface area contributed by atoms with E-state index in [1.54, 1.807) is 47.5 Å². The second-order valence-corrected chi connectivity index (χ2v) is 7.46. The summed E-state index contributed by atoms with van der Waals surface area (Å²) in [7, 11) is -3.21. The predicted octanol–water partition coefficient (Wildman–Crippen LogP) is 3.06. The minimum Gasteiger partial charge on any atom is -0.472 e. The molecule has 0 spiro atoms. The van der Waals surface area contributed by atoms with E-state index in [0.29, 0.717) is 0 Å². The molecule has 0 aliphatic carbocycles. The number of hydrogen-bond acceptors (Lipinski definition) is 5. The van der Waals surface area contributed by atoms with Crippen molar-refractivity contribution in [3.8, 4) is 22.5 Å². The molecule has 24 heavy (non-hydrogen) atoms. The highest BCUT2D eigenvalue weighted by molar-refractivity contribution is 7.90. The summed E-state index contributed by atoms with van der Waals surface area (Å²) in [5.74, 6) is 0. The highest BCUT2D eigenvalue weighted by atomic mass is 32.2. The van der Waals surface area contributed by atoms with Gasteiger partial charge >= 0.3 is 0 Å². The molecule has 0 unspecified atom stereocenters. The third kappa shape index (κ3) is 2.48.